The molecule has 2 aromatic carbocycles. The van der Waals surface area contributed by atoms with Gasteiger partial charge in [-0.3, -0.25) is 0 Å². The Morgan fingerprint density at radius 1 is 1.08 bits per heavy atom. The third-order valence-corrected chi connectivity index (χ3v) is 7.00. The van der Waals surface area contributed by atoms with E-state index in [2.05, 4.69) is 17.1 Å². The zero-order valence-electron chi connectivity index (χ0n) is 14.4. The predicted molar refractivity (Wildman–Crippen MR) is 101 cm³/mol. The minimum absolute atomic E-state index is 0.150. The van der Waals surface area contributed by atoms with Crippen LogP contribution in [-0.4, -0.2) is 30.8 Å². The molecule has 1 N–H and O–H groups in total. The van der Waals surface area contributed by atoms with Crippen LogP contribution in [0.5, 0.6) is 0 Å². The molecule has 0 bridgehead atoms. The number of nitrogens with zero attached hydrogens (tertiary/aromatic N) is 1. The maximum absolute atomic E-state index is 13.3. The number of H-pyrrole nitrogens is 1. The molecule has 0 saturated carbocycles. The van der Waals surface area contributed by atoms with Crippen molar-refractivity contribution in [2.45, 2.75) is 24.5 Å². The minimum atomic E-state index is -3.43. The third-order valence-electron chi connectivity index (χ3n) is 5.15. The van der Waals surface area contributed by atoms with Crippen LogP contribution in [-0.2, 0) is 15.8 Å². The van der Waals surface area contributed by atoms with E-state index in [9.17, 15) is 12.8 Å². The maximum atomic E-state index is 13.3. The van der Waals surface area contributed by atoms with Gasteiger partial charge >= 0.3 is 0 Å². The molecule has 0 radical (unpaired) electrons. The maximum Gasteiger partial charge on any atom is 0.218 e. The summed E-state index contributed by atoms with van der Waals surface area (Å²) in [4.78, 5) is 3.30. The third kappa shape index (κ3) is 3.39. The van der Waals surface area contributed by atoms with E-state index in [1.54, 1.807) is 16.4 Å². The Kier molecular flexibility index (Phi) is 4.54. The van der Waals surface area contributed by atoms with Crippen molar-refractivity contribution in [3.05, 3.63) is 71.7 Å². The van der Waals surface area contributed by atoms with Crippen molar-refractivity contribution in [2.24, 2.45) is 0 Å². The van der Waals surface area contributed by atoms with Crippen LogP contribution >= 0.6 is 0 Å². The second-order valence-corrected chi connectivity index (χ2v) is 8.82. The molecule has 0 amide bonds. The largest absolute Gasteiger partial charge is 0.361 e. The molecule has 1 saturated heterocycles. The van der Waals surface area contributed by atoms with Crippen LogP contribution in [0.4, 0.5) is 4.39 Å². The number of fused-ring (bicyclic) bond motifs is 1. The first-order valence-corrected chi connectivity index (χ1v) is 10.4. The van der Waals surface area contributed by atoms with E-state index in [4.69, 9.17) is 0 Å². The summed E-state index contributed by atoms with van der Waals surface area (Å²) in [5, 5.41) is 1.22. The van der Waals surface area contributed by atoms with Crippen LogP contribution in [0.1, 0.15) is 29.9 Å². The molecule has 1 aliphatic rings. The Balaban J connectivity index is 1.46. The van der Waals surface area contributed by atoms with E-state index in [0.29, 0.717) is 24.6 Å². The van der Waals surface area contributed by atoms with Gasteiger partial charge in [0, 0.05) is 30.2 Å². The Hall–Kier alpha value is -2.18. The van der Waals surface area contributed by atoms with Crippen molar-refractivity contribution in [1.82, 2.24) is 9.29 Å². The number of hydrogen-bond donors (Lipinski definition) is 1. The van der Waals surface area contributed by atoms with Crippen molar-refractivity contribution in [1.29, 1.82) is 0 Å². The van der Waals surface area contributed by atoms with Crippen LogP contribution in [0.3, 0.4) is 0 Å². The lowest BCUT2D eigenvalue weighted by Crippen LogP contribution is -2.38. The molecule has 0 unspecified atom stereocenters. The highest BCUT2D eigenvalue weighted by Gasteiger charge is 2.29. The van der Waals surface area contributed by atoms with E-state index in [0.717, 1.165) is 18.4 Å². The van der Waals surface area contributed by atoms with Gasteiger partial charge in [-0.15, -0.1) is 0 Å². The Morgan fingerprint density at radius 2 is 1.85 bits per heavy atom. The Bertz CT molecular complexity index is 1020. The second-order valence-electron chi connectivity index (χ2n) is 6.85. The number of sulfonamides is 1. The van der Waals surface area contributed by atoms with E-state index in [1.807, 2.05) is 18.3 Å². The summed E-state index contributed by atoms with van der Waals surface area (Å²) in [5.74, 6) is -0.204. The van der Waals surface area contributed by atoms with Crippen molar-refractivity contribution >= 4 is 20.9 Å². The van der Waals surface area contributed by atoms with E-state index < -0.39 is 15.8 Å². The standard InChI is InChI=1S/C20H21FN2O2S/c21-17-5-3-4-15(12-17)14-26(24,25)23-10-8-16(9-11-23)19-13-22-20-7-2-1-6-18(19)20/h1-7,12-13,16,22H,8-11,14H2. The smallest absolute Gasteiger partial charge is 0.218 e. The van der Waals surface area contributed by atoms with Crippen LogP contribution in [0.25, 0.3) is 10.9 Å². The first kappa shape index (κ1) is 17.2. The number of aromatic amines is 1. The lowest BCUT2D eigenvalue weighted by atomic mass is 9.90. The molecule has 0 spiro atoms. The Morgan fingerprint density at radius 3 is 2.62 bits per heavy atom. The first-order valence-electron chi connectivity index (χ1n) is 8.81. The summed E-state index contributed by atoms with van der Waals surface area (Å²) < 4.78 is 40.2. The van der Waals surface area contributed by atoms with E-state index >= 15 is 0 Å². The molecular formula is C20H21FN2O2S. The number of piperidine rings is 1. The number of benzene rings is 2. The van der Waals surface area contributed by atoms with Gasteiger partial charge in [-0.25, -0.2) is 17.1 Å². The van der Waals surface area contributed by atoms with Gasteiger partial charge in [-0.1, -0.05) is 30.3 Å². The average Bonchev–Trinajstić information content (AvgIpc) is 3.05. The quantitative estimate of drug-likeness (QED) is 0.752. The van der Waals surface area contributed by atoms with Gasteiger partial charge in [0.25, 0.3) is 0 Å². The molecule has 6 heteroatoms. The molecule has 1 fully saturated rings. The summed E-state index contributed by atoms with van der Waals surface area (Å²) in [6.45, 7) is 1.00. The molecule has 3 aromatic rings. The fourth-order valence-corrected chi connectivity index (χ4v) is 5.36. The highest BCUT2D eigenvalue weighted by Crippen LogP contribution is 2.34. The lowest BCUT2D eigenvalue weighted by molar-refractivity contribution is 0.320. The van der Waals surface area contributed by atoms with Gasteiger partial charge in [0.15, 0.2) is 0 Å². The summed E-state index contributed by atoms with van der Waals surface area (Å²) >= 11 is 0. The highest BCUT2D eigenvalue weighted by atomic mass is 32.2. The lowest BCUT2D eigenvalue weighted by Gasteiger charge is -2.31. The number of para-hydroxylation sites is 1. The van der Waals surface area contributed by atoms with Crippen LogP contribution in [0.15, 0.2) is 54.7 Å². The molecule has 0 atom stereocenters. The predicted octanol–water partition coefficient (Wildman–Crippen LogP) is 4.02. The van der Waals surface area contributed by atoms with Crippen molar-refractivity contribution < 1.29 is 12.8 Å². The van der Waals surface area contributed by atoms with E-state index in [-0.39, 0.29) is 5.75 Å². The monoisotopic (exact) mass is 372 g/mol. The number of aromatic nitrogens is 1. The molecule has 4 nitrogen and oxygen atoms in total. The summed E-state index contributed by atoms with van der Waals surface area (Å²) in [7, 11) is -3.43. The number of rotatable bonds is 4. The summed E-state index contributed by atoms with van der Waals surface area (Å²) in [5.41, 5.74) is 2.87. The van der Waals surface area contributed by atoms with Crippen LogP contribution < -0.4 is 0 Å². The molecule has 1 aliphatic heterocycles. The zero-order chi connectivity index (χ0) is 18.1. The molecule has 1 aromatic heterocycles. The zero-order valence-corrected chi connectivity index (χ0v) is 15.2. The minimum Gasteiger partial charge on any atom is -0.361 e. The van der Waals surface area contributed by atoms with Crippen molar-refractivity contribution in [3.8, 4) is 0 Å². The van der Waals surface area contributed by atoms with Gasteiger partial charge < -0.3 is 4.98 Å². The molecule has 26 heavy (non-hydrogen) atoms. The highest BCUT2D eigenvalue weighted by molar-refractivity contribution is 7.88. The van der Waals surface area contributed by atoms with Gasteiger partial charge in [-0.05, 0) is 48.1 Å². The van der Waals surface area contributed by atoms with Crippen molar-refractivity contribution in [3.63, 3.8) is 0 Å². The molecule has 136 valence electrons. The van der Waals surface area contributed by atoms with Crippen LogP contribution in [0, 0.1) is 5.82 Å². The number of nitrogens with one attached hydrogen (secondary N) is 1. The van der Waals surface area contributed by atoms with Gasteiger partial charge in [-0.2, -0.15) is 0 Å². The van der Waals surface area contributed by atoms with Gasteiger partial charge in [0.2, 0.25) is 10.0 Å². The molecule has 0 aliphatic carbocycles. The van der Waals surface area contributed by atoms with Gasteiger partial charge in [0.05, 0.1) is 5.75 Å². The molecule has 4 rings (SSSR count). The SMILES string of the molecule is O=S(=O)(Cc1cccc(F)c1)N1CCC(c2c[nH]c3ccccc23)CC1. The fraction of sp³-hybridized carbons (Fsp3) is 0.300. The average molecular weight is 372 g/mol. The topological polar surface area (TPSA) is 53.2 Å². The molecule has 2 heterocycles. The fourth-order valence-electron chi connectivity index (χ4n) is 3.81. The second kappa shape index (κ2) is 6.85. The van der Waals surface area contributed by atoms with Gasteiger partial charge in [0.1, 0.15) is 5.82 Å². The Labute approximate surface area is 152 Å². The van der Waals surface area contributed by atoms with Crippen LogP contribution in [0.2, 0.25) is 0 Å². The number of halogens is 1. The summed E-state index contributed by atoms with van der Waals surface area (Å²) in [6, 6.07) is 14.0. The van der Waals surface area contributed by atoms with Crippen molar-refractivity contribution in [2.75, 3.05) is 13.1 Å². The molecular weight excluding hydrogens is 351 g/mol. The first-order chi connectivity index (χ1) is 12.5. The summed E-state index contributed by atoms with van der Waals surface area (Å²) in [6.07, 6.45) is 3.64. The normalized spacial score (nSPS) is 17.0. The van der Waals surface area contributed by atoms with E-state index in [1.165, 1.54) is 23.1 Å². The number of hydrogen-bond acceptors (Lipinski definition) is 2.